The zero-order valence-corrected chi connectivity index (χ0v) is 10.1. The molecule has 4 heteroatoms. The Balaban J connectivity index is 3.44. The molecule has 0 aliphatic carbocycles. The molecule has 3 N–H and O–H groups in total. The summed E-state index contributed by atoms with van der Waals surface area (Å²) in [7, 11) is 0. The summed E-state index contributed by atoms with van der Waals surface area (Å²) in [5.74, 6) is -0.278. The molecule has 0 bridgehead atoms. The van der Waals surface area contributed by atoms with Gasteiger partial charge in [0, 0.05) is 25.1 Å². The van der Waals surface area contributed by atoms with Gasteiger partial charge < -0.3 is 15.8 Å². The third kappa shape index (κ3) is 9.69. The van der Waals surface area contributed by atoms with E-state index in [1.54, 1.807) is 0 Å². The molecule has 1 amide bonds. The minimum absolute atomic E-state index is 0.236. The Bertz CT molecular complexity index is 181. The van der Waals surface area contributed by atoms with Crippen molar-refractivity contribution in [2.75, 3.05) is 19.8 Å². The SMILES string of the molecule is CCCCOCCNC(C)(C)CC(N)=O. The minimum atomic E-state index is -0.278. The predicted molar refractivity (Wildman–Crippen MR) is 61.6 cm³/mol. The zero-order chi connectivity index (χ0) is 11.7. The fraction of sp³-hybridized carbons (Fsp3) is 0.909. The van der Waals surface area contributed by atoms with E-state index in [1.807, 2.05) is 13.8 Å². The van der Waals surface area contributed by atoms with Crippen LogP contribution in [-0.4, -0.2) is 31.2 Å². The zero-order valence-electron chi connectivity index (χ0n) is 10.1. The monoisotopic (exact) mass is 216 g/mol. The van der Waals surface area contributed by atoms with Gasteiger partial charge in [0.2, 0.25) is 5.91 Å². The van der Waals surface area contributed by atoms with Gasteiger partial charge in [0.05, 0.1) is 6.61 Å². The Hall–Kier alpha value is -0.610. The van der Waals surface area contributed by atoms with Crippen LogP contribution in [0, 0.1) is 0 Å². The van der Waals surface area contributed by atoms with Crippen LogP contribution in [0.5, 0.6) is 0 Å². The van der Waals surface area contributed by atoms with E-state index in [2.05, 4.69) is 12.2 Å². The largest absolute Gasteiger partial charge is 0.380 e. The number of carbonyl (C=O) groups excluding carboxylic acids is 1. The topological polar surface area (TPSA) is 64.3 Å². The van der Waals surface area contributed by atoms with E-state index in [1.165, 1.54) is 0 Å². The van der Waals surface area contributed by atoms with Gasteiger partial charge in [-0.05, 0) is 20.3 Å². The van der Waals surface area contributed by atoms with Gasteiger partial charge in [-0.1, -0.05) is 13.3 Å². The molecule has 90 valence electrons. The first-order valence-corrected chi connectivity index (χ1v) is 5.59. The average Bonchev–Trinajstić information content (AvgIpc) is 2.08. The van der Waals surface area contributed by atoms with Crippen molar-refractivity contribution in [1.29, 1.82) is 0 Å². The number of nitrogens with one attached hydrogen (secondary N) is 1. The Morgan fingerprint density at radius 1 is 1.40 bits per heavy atom. The summed E-state index contributed by atoms with van der Waals surface area (Å²) in [4.78, 5) is 10.7. The van der Waals surface area contributed by atoms with E-state index >= 15 is 0 Å². The molecule has 0 aliphatic heterocycles. The van der Waals surface area contributed by atoms with Crippen molar-refractivity contribution in [2.24, 2.45) is 5.73 Å². The second kappa shape index (κ2) is 7.65. The van der Waals surface area contributed by atoms with Gasteiger partial charge in [-0.25, -0.2) is 0 Å². The van der Waals surface area contributed by atoms with Crippen molar-refractivity contribution < 1.29 is 9.53 Å². The Morgan fingerprint density at radius 3 is 2.60 bits per heavy atom. The summed E-state index contributed by atoms with van der Waals surface area (Å²) < 4.78 is 5.40. The molecule has 0 spiro atoms. The van der Waals surface area contributed by atoms with Crippen LogP contribution in [0.4, 0.5) is 0 Å². The van der Waals surface area contributed by atoms with Gasteiger partial charge in [0.25, 0.3) is 0 Å². The Labute approximate surface area is 92.6 Å². The Morgan fingerprint density at radius 2 is 2.07 bits per heavy atom. The molecule has 0 radical (unpaired) electrons. The second-order valence-electron chi connectivity index (χ2n) is 4.42. The van der Waals surface area contributed by atoms with Crippen LogP contribution in [0.15, 0.2) is 0 Å². The van der Waals surface area contributed by atoms with Crippen LogP contribution in [-0.2, 0) is 9.53 Å². The molecule has 0 aromatic heterocycles. The molecule has 0 heterocycles. The number of carbonyl (C=O) groups is 1. The maximum absolute atomic E-state index is 10.7. The van der Waals surface area contributed by atoms with E-state index < -0.39 is 0 Å². The summed E-state index contributed by atoms with van der Waals surface area (Å²) in [5, 5.41) is 3.24. The molecular weight excluding hydrogens is 192 g/mol. The van der Waals surface area contributed by atoms with Gasteiger partial charge in [0.15, 0.2) is 0 Å². The van der Waals surface area contributed by atoms with Gasteiger partial charge in [0.1, 0.15) is 0 Å². The van der Waals surface area contributed by atoms with Gasteiger partial charge >= 0.3 is 0 Å². The number of nitrogens with two attached hydrogens (primary N) is 1. The highest BCUT2D eigenvalue weighted by Crippen LogP contribution is 2.06. The maximum atomic E-state index is 10.7. The molecule has 0 rings (SSSR count). The van der Waals surface area contributed by atoms with Crippen LogP contribution < -0.4 is 11.1 Å². The normalized spacial score (nSPS) is 11.7. The van der Waals surface area contributed by atoms with Crippen molar-refractivity contribution in [1.82, 2.24) is 5.32 Å². The fourth-order valence-corrected chi connectivity index (χ4v) is 1.31. The van der Waals surface area contributed by atoms with E-state index in [0.29, 0.717) is 13.0 Å². The molecule has 0 aromatic carbocycles. The maximum Gasteiger partial charge on any atom is 0.219 e. The summed E-state index contributed by atoms with van der Waals surface area (Å²) in [6.07, 6.45) is 2.60. The van der Waals surface area contributed by atoms with Crippen LogP contribution in [0.2, 0.25) is 0 Å². The standard InChI is InChI=1S/C11H24N2O2/c1-4-5-7-15-8-6-13-11(2,3)9-10(12)14/h13H,4-9H2,1-3H3,(H2,12,14). The van der Waals surface area contributed by atoms with Crippen molar-refractivity contribution >= 4 is 5.91 Å². The van der Waals surface area contributed by atoms with E-state index in [0.717, 1.165) is 26.0 Å². The van der Waals surface area contributed by atoms with Gasteiger partial charge in [-0.2, -0.15) is 0 Å². The number of rotatable bonds is 9. The molecule has 4 nitrogen and oxygen atoms in total. The van der Waals surface area contributed by atoms with Crippen LogP contribution in [0.25, 0.3) is 0 Å². The predicted octanol–water partition coefficient (Wildman–Crippen LogP) is 1.05. The second-order valence-corrected chi connectivity index (χ2v) is 4.42. The van der Waals surface area contributed by atoms with Gasteiger partial charge in [-0.3, -0.25) is 4.79 Å². The molecule has 0 aromatic rings. The number of ether oxygens (including phenoxy) is 1. The molecule has 0 aliphatic rings. The van der Waals surface area contributed by atoms with Crippen LogP contribution in [0.1, 0.15) is 40.0 Å². The molecule has 0 saturated carbocycles. The lowest BCUT2D eigenvalue weighted by molar-refractivity contribution is -0.119. The van der Waals surface area contributed by atoms with Crippen LogP contribution >= 0.6 is 0 Å². The molecule has 0 saturated heterocycles. The number of hydrogen-bond donors (Lipinski definition) is 2. The molecule has 0 fully saturated rings. The minimum Gasteiger partial charge on any atom is -0.380 e. The third-order valence-corrected chi connectivity index (χ3v) is 2.11. The van der Waals surface area contributed by atoms with Crippen molar-refractivity contribution in [3.8, 4) is 0 Å². The summed E-state index contributed by atoms with van der Waals surface area (Å²) in [6, 6.07) is 0. The quantitative estimate of drug-likeness (QED) is 0.566. The smallest absolute Gasteiger partial charge is 0.219 e. The lowest BCUT2D eigenvalue weighted by Gasteiger charge is -2.24. The number of amides is 1. The third-order valence-electron chi connectivity index (χ3n) is 2.11. The highest BCUT2D eigenvalue weighted by atomic mass is 16.5. The van der Waals surface area contributed by atoms with Crippen molar-refractivity contribution in [3.05, 3.63) is 0 Å². The average molecular weight is 216 g/mol. The molecule has 0 unspecified atom stereocenters. The summed E-state index contributed by atoms with van der Waals surface area (Å²) >= 11 is 0. The van der Waals surface area contributed by atoms with E-state index in [4.69, 9.17) is 10.5 Å². The number of primary amides is 1. The highest BCUT2D eigenvalue weighted by molar-refractivity contribution is 5.74. The first-order valence-electron chi connectivity index (χ1n) is 5.59. The lowest BCUT2D eigenvalue weighted by Crippen LogP contribution is -2.44. The van der Waals surface area contributed by atoms with E-state index in [9.17, 15) is 4.79 Å². The molecule has 0 atom stereocenters. The first kappa shape index (κ1) is 14.4. The van der Waals surface area contributed by atoms with Crippen LogP contribution in [0.3, 0.4) is 0 Å². The molecular formula is C11H24N2O2. The first-order chi connectivity index (χ1) is 6.98. The van der Waals surface area contributed by atoms with E-state index in [-0.39, 0.29) is 11.4 Å². The number of hydrogen-bond acceptors (Lipinski definition) is 3. The fourth-order valence-electron chi connectivity index (χ4n) is 1.31. The molecule has 15 heavy (non-hydrogen) atoms. The van der Waals surface area contributed by atoms with Crippen molar-refractivity contribution in [3.63, 3.8) is 0 Å². The highest BCUT2D eigenvalue weighted by Gasteiger charge is 2.18. The van der Waals surface area contributed by atoms with Crippen molar-refractivity contribution in [2.45, 2.75) is 45.6 Å². The summed E-state index contributed by atoms with van der Waals surface area (Å²) in [5.41, 5.74) is 4.90. The summed E-state index contributed by atoms with van der Waals surface area (Å²) in [6.45, 7) is 8.31. The van der Waals surface area contributed by atoms with Gasteiger partial charge in [-0.15, -0.1) is 0 Å². The lowest BCUT2D eigenvalue weighted by atomic mass is 10.0. The number of unbranched alkanes of at least 4 members (excludes halogenated alkanes) is 1. The Kier molecular flexibility index (Phi) is 7.34.